The van der Waals surface area contributed by atoms with Crippen LogP contribution in [0.15, 0.2) is 66.1 Å². The number of nitrogens with zero attached hydrogens (tertiary/aromatic N) is 6. The fourth-order valence-corrected chi connectivity index (χ4v) is 3.89. The smallest absolute Gasteiger partial charge is 0.421 e. The highest BCUT2D eigenvalue weighted by Gasteiger charge is 2.36. The number of hydrogen-bond acceptors (Lipinski definition) is 6. The number of hydrogen-bond donors (Lipinski definition) is 0. The van der Waals surface area contributed by atoms with E-state index in [-0.39, 0.29) is 35.2 Å². The lowest BCUT2D eigenvalue weighted by Crippen LogP contribution is -2.15. The lowest BCUT2D eigenvalue weighted by Gasteiger charge is -2.15. The Balaban J connectivity index is 1.45. The van der Waals surface area contributed by atoms with E-state index in [1.807, 2.05) is 0 Å². The number of alkyl halides is 3. The average Bonchev–Trinajstić information content (AvgIpc) is 3.40. The van der Waals surface area contributed by atoms with Crippen LogP contribution in [0.3, 0.4) is 0 Å². The molecule has 0 atom stereocenters. The van der Waals surface area contributed by atoms with Crippen molar-refractivity contribution in [1.29, 1.82) is 0 Å². The summed E-state index contributed by atoms with van der Waals surface area (Å²) >= 11 is 0. The Labute approximate surface area is 215 Å². The van der Waals surface area contributed by atoms with Crippen LogP contribution in [0.4, 0.5) is 26.3 Å². The first-order chi connectivity index (χ1) is 18.6. The molecule has 0 fully saturated rings. The molecule has 5 rings (SSSR count). The van der Waals surface area contributed by atoms with E-state index in [1.54, 1.807) is 0 Å². The third-order valence-corrected chi connectivity index (χ3v) is 5.75. The van der Waals surface area contributed by atoms with Crippen LogP contribution in [-0.2, 0) is 25.7 Å². The van der Waals surface area contributed by atoms with Crippen molar-refractivity contribution >= 4 is 10.9 Å². The topological polar surface area (TPSA) is 87.7 Å². The molecule has 8 nitrogen and oxygen atoms in total. The number of aryl methyl sites for hydroxylation is 2. The zero-order valence-corrected chi connectivity index (χ0v) is 19.7. The maximum Gasteiger partial charge on any atom is 0.421 e. The van der Waals surface area contributed by atoms with E-state index < -0.39 is 52.7 Å². The molecule has 2 aromatic carbocycles. The molecule has 0 amide bonds. The molecule has 0 N–H and O–H groups in total. The van der Waals surface area contributed by atoms with Crippen molar-refractivity contribution in [2.45, 2.75) is 25.7 Å². The Morgan fingerprint density at radius 3 is 2.33 bits per heavy atom. The second-order valence-electron chi connectivity index (χ2n) is 8.38. The first-order valence-corrected chi connectivity index (χ1v) is 11.3. The number of ether oxygens (including phenoxy) is 1. The van der Waals surface area contributed by atoms with Gasteiger partial charge in [0.05, 0.1) is 42.7 Å². The minimum Gasteiger partial charge on any atom is -0.438 e. The molecule has 200 valence electrons. The molecule has 5 aromatic rings. The summed E-state index contributed by atoms with van der Waals surface area (Å²) in [6, 6.07) is 5.70. The molecule has 0 saturated heterocycles. The third-order valence-electron chi connectivity index (χ3n) is 5.75. The Bertz CT molecular complexity index is 1700. The molecule has 0 spiro atoms. The summed E-state index contributed by atoms with van der Waals surface area (Å²) in [6.07, 6.45) is 0.564. The Hall–Kier alpha value is -4.75. The van der Waals surface area contributed by atoms with Gasteiger partial charge in [0.2, 0.25) is 5.88 Å². The van der Waals surface area contributed by atoms with Gasteiger partial charge in [0.1, 0.15) is 28.8 Å². The molecule has 0 aliphatic carbocycles. The van der Waals surface area contributed by atoms with Gasteiger partial charge >= 0.3 is 6.18 Å². The van der Waals surface area contributed by atoms with Gasteiger partial charge in [0.15, 0.2) is 0 Å². The number of rotatable bonds is 7. The van der Waals surface area contributed by atoms with Crippen LogP contribution in [-0.4, -0.2) is 29.5 Å². The maximum atomic E-state index is 14.2. The van der Waals surface area contributed by atoms with Gasteiger partial charge in [0.25, 0.3) is 5.56 Å². The van der Waals surface area contributed by atoms with Crippen LogP contribution in [0.5, 0.6) is 11.6 Å². The number of benzene rings is 2. The predicted molar refractivity (Wildman–Crippen MR) is 124 cm³/mol. The van der Waals surface area contributed by atoms with Crippen LogP contribution in [0.25, 0.3) is 10.9 Å². The quantitative estimate of drug-likeness (QED) is 0.270. The van der Waals surface area contributed by atoms with Gasteiger partial charge in [-0.05, 0) is 36.2 Å². The molecule has 0 radical (unpaired) electrons. The molecular weight excluding hydrogens is 530 g/mol. The zero-order chi connectivity index (χ0) is 27.7. The molecule has 3 heterocycles. The van der Waals surface area contributed by atoms with E-state index in [4.69, 9.17) is 4.74 Å². The molecule has 0 aliphatic rings. The van der Waals surface area contributed by atoms with Gasteiger partial charge in [-0.2, -0.15) is 33.1 Å². The van der Waals surface area contributed by atoms with Crippen molar-refractivity contribution < 1.29 is 31.1 Å². The second-order valence-corrected chi connectivity index (χ2v) is 8.38. The van der Waals surface area contributed by atoms with E-state index in [9.17, 15) is 31.1 Å². The van der Waals surface area contributed by atoms with Crippen molar-refractivity contribution in [1.82, 2.24) is 29.5 Å². The van der Waals surface area contributed by atoms with Crippen molar-refractivity contribution in [3.63, 3.8) is 0 Å². The van der Waals surface area contributed by atoms with Crippen molar-refractivity contribution in [3.8, 4) is 11.6 Å². The highest BCUT2D eigenvalue weighted by Crippen LogP contribution is 2.37. The second kappa shape index (κ2) is 10.2. The summed E-state index contributed by atoms with van der Waals surface area (Å²) in [5, 5.41) is 7.72. The molecule has 14 heteroatoms. The normalized spacial score (nSPS) is 11.7. The van der Waals surface area contributed by atoms with E-state index in [0.29, 0.717) is 12.1 Å². The van der Waals surface area contributed by atoms with Gasteiger partial charge in [-0.15, -0.1) is 0 Å². The molecule has 0 bridgehead atoms. The van der Waals surface area contributed by atoms with E-state index in [0.717, 1.165) is 18.5 Å². The maximum absolute atomic E-state index is 14.2. The number of halogens is 6. The van der Waals surface area contributed by atoms with Crippen LogP contribution < -0.4 is 10.3 Å². The number of fused-ring (bicyclic) bond motifs is 1. The summed E-state index contributed by atoms with van der Waals surface area (Å²) < 4.78 is 89.7. The standard InChI is InChI=1S/C25H16F6N6O2/c26-15-8-20(27)18(21(28)9-15)12-36-13-33-23(38)17-10-16(1-2-22(17)36)39-24-19(25(29,30)31)7-14(11-32-24)3-6-37-34-4-5-35-37/h1-2,4-5,7-11,13H,3,6,12H2. The van der Waals surface area contributed by atoms with Gasteiger partial charge in [-0.3, -0.25) is 4.79 Å². The lowest BCUT2D eigenvalue weighted by molar-refractivity contribution is -0.138. The highest BCUT2D eigenvalue weighted by atomic mass is 19.4. The van der Waals surface area contributed by atoms with Crippen LogP contribution in [0, 0.1) is 17.5 Å². The van der Waals surface area contributed by atoms with Crippen LogP contribution in [0.2, 0.25) is 0 Å². The molecule has 0 aliphatic heterocycles. The third kappa shape index (κ3) is 5.58. The minimum absolute atomic E-state index is 0.0881. The number of aromatic nitrogens is 6. The van der Waals surface area contributed by atoms with Crippen molar-refractivity contribution in [3.05, 3.63) is 106 Å². The first-order valence-electron chi connectivity index (χ1n) is 11.3. The molecule has 0 saturated carbocycles. The van der Waals surface area contributed by atoms with Crippen molar-refractivity contribution in [2.75, 3.05) is 0 Å². The van der Waals surface area contributed by atoms with Gasteiger partial charge < -0.3 is 9.30 Å². The zero-order valence-electron chi connectivity index (χ0n) is 19.7. The minimum atomic E-state index is -4.79. The Morgan fingerprint density at radius 2 is 1.64 bits per heavy atom. The predicted octanol–water partition coefficient (Wildman–Crippen LogP) is 4.90. The fourth-order valence-electron chi connectivity index (χ4n) is 3.89. The van der Waals surface area contributed by atoms with Gasteiger partial charge in [-0.25, -0.2) is 18.2 Å². The summed E-state index contributed by atoms with van der Waals surface area (Å²) in [7, 11) is 0. The lowest BCUT2D eigenvalue weighted by atomic mass is 10.1. The summed E-state index contributed by atoms with van der Waals surface area (Å²) in [5.74, 6) is -4.23. The molecular formula is C25H16F6N6O2. The summed E-state index contributed by atoms with van der Waals surface area (Å²) in [4.78, 5) is 21.2. The summed E-state index contributed by atoms with van der Waals surface area (Å²) in [5.41, 5.74) is -1.90. The SMILES string of the molecule is O=c1ncn(Cc2c(F)cc(F)cc2F)c2ccc(Oc3ncc(CCn4nccn4)cc3C(F)(F)F)cc12. The van der Waals surface area contributed by atoms with Crippen LogP contribution in [0.1, 0.15) is 16.7 Å². The average molecular weight is 546 g/mol. The van der Waals surface area contributed by atoms with E-state index in [1.165, 1.54) is 40.1 Å². The largest absolute Gasteiger partial charge is 0.438 e. The monoisotopic (exact) mass is 546 g/mol. The van der Waals surface area contributed by atoms with E-state index in [2.05, 4.69) is 20.2 Å². The molecule has 39 heavy (non-hydrogen) atoms. The number of pyridine rings is 1. The van der Waals surface area contributed by atoms with Crippen molar-refractivity contribution in [2.24, 2.45) is 0 Å². The fraction of sp³-hybridized carbons (Fsp3) is 0.160. The summed E-state index contributed by atoms with van der Waals surface area (Å²) in [6.45, 7) is -0.195. The Morgan fingerprint density at radius 1 is 0.923 bits per heavy atom. The van der Waals surface area contributed by atoms with Gasteiger partial charge in [0, 0.05) is 23.9 Å². The Kier molecular flexibility index (Phi) is 6.76. The van der Waals surface area contributed by atoms with Gasteiger partial charge in [-0.1, -0.05) is 0 Å². The molecule has 0 unspecified atom stereocenters. The highest BCUT2D eigenvalue weighted by molar-refractivity contribution is 5.79. The molecule has 3 aromatic heterocycles. The van der Waals surface area contributed by atoms with E-state index >= 15 is 0 Å². The van der Waals surface area contributed by atoms with Crippen LogP contribution >= 0.6 is 0 Å². The first kappa shape index (κ1) is 25.9.